The zero-order valence-corrected chi connectivity index (χ0v) is 15.8. The van der Waals surface area contributed by atoms with Crippen LogP contribution in [0.25, 0.3) is 11.6 Å². The largest absolute Gasteiger partial charge is 0.358 e. The van der Waals surface area contributed by atoms with E-state index in [2.05, 4.69) is 27.2 Å². The van der Waals surface area contributed by atoms with Gasteiger partial charge in [0.1, 0.15) is 5.82 Å². The summed E-state index contributed by atoms with van der Waals surface area (Å²) in [5.74, 6) is 0.447. The molecule has 2 amide bonds. The van der Waals surface area contributed by atoms with Crippen molar-refractivity contribution in [3.63, 3.8) is 0 Å². The van der Waals surface area contributed by atoms with Crippen molar-refractivity contribution in [2.75, 3.05) is 38.5 Å². The molecule has 1 saturated heterocycles. The van der Waals surface area contributed by atoms with E-state index in [-0.39, 0.29) is 11.8 Å². The van der Waals surface area contributed by atoms with Crippen LogP contribution in [0.4, 0.5) is 5.82 Å². The first kappa shape index (κ1) is 17.5. The molecule has 0 saturated carbocycles. The highest BCUT2D eigenvalue weighted by molar-refractivity contribution is 6.34. The number of pyridine rings is 1. The quantitative estimate of drug-likeness (QED) is 0.797. The number of aryl methyl sites for hydroxylation is 1. The second-order valence-corrected chi connectivity index (χ2v) is 7.17. The minimum atomic E-state index is -0.178. The molecule has 2 aromatic rings. The molecule has 2 aliphatic heterocycles. The number of nitrogens with one attached hydrogen (secondary N) is 2. The van der Waals surface area contributed by atoms with Gasteiger partial charge in [0.25, 0.3) is 11.8 Å². The lowest BCUT2D eigenvalue weighted by Crippen LogP contribution is -2.47. The van der Waals surface area contributed by atoms with E-state index in [1.807, 2.05) is 37.0 Å². The van der Waals surface area contributed by atoms with Crippen LogP contribution in [0.5, 0.6) is 0 Å². The van der Waals surface area contributed by atoms with Crippen LogP contribution in [0, 0.1) is 13.8 Å². The summed E-state index contributed by atoms with van der Waals surface area (Å²) in [6.45, 7) is 7.07. The lowest BCUT2D eigenvalue weighted by Gasteiger charge is -2.32. The van der Waals surface area contributed by atoms with E-state index in [1.54, 1.807) is 6.20 Å². The Labute approximate surface area is 158 Å². The molecule has 0 bridgehead atoms. The van der Waals surface area contributed by atoms with Gasteiger partial charge in [-0.3, -0.25) is 9.59 Å². The zero-order chi connectivity index (χ0) is 19.1. The first-order valence-electron chi connectivity index (χ1n) is 9.11. The van der Waals surface area contributed by atoms with Crippen molar-refractivity contribution in [3.05, 3.63) is 46.4 Å². The maximum absolute atomic E-state index is 13.0. The van der Waals surface area contributed by atoms with E-state index in [1.165, 1.54) is 0 Å². The monoisotopic (exact) mass is 365 g/mol. The smallest absolute Gasteiger partial charge is 0.257 e. The fourth-order valence-corrected chi connectivity index (χ4v) is 3.71. The van der Waals surface area contributed by atoms with Crippen LogP contribution in [0.1, 0.15) is 32.9 Å². The molecule has 2 aliphatic rings. The molecular weight excluding hydrogens is 342 g/mol. The number of carbonyl (C=O) groups is 2. The average Bonchev–Trinajstić information content (AvgIpc) is 3.11. The Balaban J connectivity index is 1.68. The van der Waals surface area contributed by atoms with Crippen molar-refractivity contribution in [2.24, 2.45) is 0 Å². The van der Waals surface area contributed by atoms with Gasteiger partial charge in [-0.1, -0.05) is 0 Å². The van der Waals surface area contributed by atoms with E-state index in [4.69, 9.17) is 0 Å². The van der Waals surface area contributed by atoms with E-state index < -0.39 is 0 Å². The Hall–Kier alpha value is -2.93. The molecule has 4 rings (SSSR count). The molecule has 7 nitrogen and oxygen atoms in total. The Kier molecular flexibility index (Phi) is 4.31. The molecule has 2 aromatic heterocycles. The number of piperazine rings is 1. The molecule has 2 N–H and O–H groups in total. The van der Waals surface area contributed by atoms with Crippen molar-refractivity contribution < 1.29 is 9.59 Å². The highest BCUT2D eigenvalue weighted by Gasteiger charge is 2.28. The topological polar surface area (TPSA) is 81.3 Å². The lowest BCUT2D eigenvalue weighted by molar-refractivity contribution is -0.110. The highest BCUT2D eigenvalue weighted by Crippen LogP contribution is 2.32. The van der Waals surface area contributed by atoms with Crippen LogP contribution < -0.4 is 5.32 Å². The Morgan fingerprint density at radius 1 is 1.22 bits per heavy atom. The summed E-state index contributed by atoms with van der Waals surface area (Å²) in [6.07, 6.45) is 3.46. The zero-order valence-electron chi connectivity index (χ0n) is 15.8. The number of carbonyl (C=O) groups excluding carboxylic acids is 2. The number of amides is 2. The van der Waals surface area contributed by atoms with Gasteiger partial charge in [-0.05, 0) is 44.7 Å². The maximum Gasteiger partial charge on any atom is 0.257 e. The maximum atomic E-state index is 13.0. The summed E-state index contributed by atoms with van der Waals surface area (Å²) in [6, 6.07) is 3.68. The molecule has 4 heterocycles. The number of hydrogen-bond acceptors (Lipinski definition) is 4. The predicted molar refractivity (Wildman–Crippen MR) is 104 cm³/mol. The highest BCUT2D eigenvalue weighted by atomic mass is 16.2. The third-order valence-electron chi connectivity index (χ3n) is 5.34. The van der Waals surface area contributed by atoms with Crippen LogP contribution in [-0.4, -0.2) is 64.8 Å². The number of rotatable bonds is 2. The summed E-state index contributed by atoms with van der Waals surface area (Å²) in [7, 11) is 2.07. The summed E-state index contributed by atoms with van der Waals surface area (Å²) in [5, 5.41) is 2.78. The minimum absolute atomic E-state index is 0.0527. The van der Waals surface area contributed by atoms with Crippen molar-refractivity contribution >= 4 is 29.3 Å². The number of hydrogen-bond donors (Lipinski definition) is 2. The third kappa shape index (κ3) is 3.04. The van der Waals surface area contributed by atoms with Crippen LogP contribution >= 0.6 is 0 Å². The third-order valence-corrected chi connectivity index (χ3v) is 5.34. The summed E-state index contributed by atoms with van der Waals surface area (Å²) in [4.78, 5) is 37.0. The van der Waals surface area contributed by atoms with Crippen LogP contribution in [0.2, 0.25) is 0 Å². The Morgan fingerprint density at radius 2 is 1.96 bits per heavy atom. The number of fused-ring (bicyclic) bond motifs is 1. The molecular formula is C20H23N5O2. The Bertz CT molecular complexity index is 951. The van der Waals surface area contributed by atoms with Crippen LogP contribution in [0.15, 0.2) is 18.3 Å². The van der Waals surface area contributed by atoms with Gasteiger partial charge < -0.3 is 20.1 Å². The number of aromatic nitrogens is 2. The molecule has 0 spiro atoms. The SMILES string of the molecule is Cc1[nH]c(C=C2C(=O)Nc3ncccc32)c(C)c1C(=O)N1CCN(C)CC1. The van der Waals surface area contributed by atoms with E-state index >= 15 is 0 Å². The lowest BCUT2D eigenvalue weighted by atomic mass is 10.0. The fraction of sp³-hybridized carbons (Fsp3) is 0.350. The van der Waals surface area contributed by atoms with Gasteiger partial charge >= 0.3 is 0 Å². The van der Waals surface area contributed by atoms with Crippen molar-refractivity contribution in [1.82, 2.24) is 19.8 Å². The second-order valence-electron chi connectivity index (χ2n) is 7.17. The normalized spacial score (nSPS) is 18.7. The molecule has 27 heavy (non-hydrogen) atoms. The number of likely N-dealkylation sites (N-methyl/N-ethyl adjacent to an activating group) is 1. The van der Waals surface area contributed by atoms with E-state index in [0.29, 0.717) is 17.0 Å². The Morgan fingerprint density at radius 3 is 2.70 bits per heavy atom. The van der Waals surface area contributed by atoms with Crippen LogP contribution in [0.3, 0.4) is 0 Å². The van der Waals surface area contributed by atoms with Gasteiger partial charge in [-0.15, -0.1) is 0 Å². The van der Waals surface area contributed by atoms with Gasteiger partial charge in [-0.25, -0.2) is 4.98 Å². The molecule has 1 fully saturated rings. The molecule has 7 heteroatoms. The van der Waals surface area contributed by atoms with Crippen molar-refractivity contribution in [2.45, 2.75) is 13.8 Å². The summed E-state index contributed by atoms with van der Waals surface area (Å²) < 4.78 is 0. The standard InChI is InChI=1S/C20H23N5O2/c1-12-16(11-15-14-5-4-6-21-18(14)23-19(15)26)22-13(2)17(12)20(27)25-9-7-24(3)8-10-25/h4-6,11,22H,7-10H2,1-3H3,(H,21,23,26). The minimum Gasteiger partial charge on any atom is -0.358 e. The molecule has 0 aliphatic carbocycles. The molecule has 0 radical (unpaired) electrons. The summed E-state index contributed by atoms with van der Waals surface area (Å²) >= 11 is 0. The summed E-state index contributed by atoms with van der Waals surface area (Å²) in [5.41, 5.74) is 4.52. The fourth-order valence-electron chi connectivity index (χ4n) is 3.71. The van der Waals surface area contributed by atoms with Gasteiger partial charge in [0, 0.05) is 49.3 Å². The van der Waals surface area contributed by atoms with Gasteiger partial charge in [-0.2, -0.15) is 0 Å². The van der Waals surface area contributed by atoms with E-state index in [0.717, 1.165) is 48.7 Å². The molecule has 140 valence electrons. The number of aromatic amines is 1. The number of H-pyrrole nitrogens is 1. The average molecular weight is 365 g/mol. The van der Waals surface area contributed by atoms with Crippen molar-refractivity contribution in [1.29, 1.82) is 0 Å². The number of nitrogens with zero attached hydrogens (tertiary/aromatic N) is 3. The van der Waals surface area contributed by atoms with Gasteiger partial charge in [0.15, 0.2) is 0 Å². The predicted octanol–water partition coefficient (Wildman–Crippen LogP) is 1.91. The van der Waals surface area contributed by atoms with Crippen LogP contribution in [-0.2, 0) is 4.79 Å². The molecule has 0 atom stereocenters. The van der Waals surface area contributed by atoms with E-state index in [9.17, 15) is 9.59 Å². The first-order valence-corrected chi connectivity index (χ1v) is 9.11. The first-order chi connectivity index (χ1) is 13.0. The van der Waals surface area contributed by atoms with Crippen molar-refractivity contribution in [3.8, 4) is 0 Å². The molecule has 0 aromatic carbocycles. The van der Waals surface area contributed by atoms with Gasteiger partial charge in [0.05, 0.1) is 11.1 Å². The molecule has 0 unspecified atom stereocenters. The number of anilines is 1. The van der Waals surface area contributed by atoms with Gasteiger partial charge in [0.2, 0.25) is 0 Å². The second kappa shape index (κ2) is 6.66.